The molecule has 0 saturated heterocycles. The van der Waals surface area contributed by atoms with Crippen molar-refractivity contribution >= 4 is 38.6 Å². The molecule has 0 fully saturated rings. The summed E-state index contributed by atoms with van der Waals surface area (Å²) in [5.74, 6) is 0. The summed E-state index contributed by atoms with van der Waals surface area (Å²) in [5.41, 5.74) is 1.14. The second-order valence-electron chi connectivity index (χ2n) is 3.81. The van der Waals surface area contributed by atoms with Gasteiger partial charge in [-0.2, -0.15) is 0 Å². The van der Waals surface area contributed by atoms with E-state index in [0.717, 1.165) is 17.2 Å². The zero-order chi connectivity index (χ0) is 12.4. The molecular formula is C12H15BrN2S2. The number of hydrogen-bond acceptors (Lipinski definition) is 4. The molecule has 17 heavy (non-hydrogen) atoms. The predicted molar refractivity (Wildman–Crippen MR) is 79.1 cm³/mol. The van der Waals surface area contributed by atoms with Crippen molar-refractivity contribution in [3.8, 4) is 0 Å². The van der Waals surface area contributed by atoms with Gasteiger partial charge < -0.3 is 5.32 Å². The van der Waals surface area contributed by atoms with Crippen LogP contribution >= 0.6 is 38.6 Å². The van der Waals surface area contributed by atoms with E-state index in [-0.39, 0.29) is 6.04 Å². The molecule has 2 heterocycles. The van der Waals surface area contributed by atoms with Crippen LogP contribution in [0.1, 0.15) is 33.4 Å². The molecule has 2 rings (SSSR count). The molecule has 0 amide bonds. The summed E-state index contributed by atoms with van der Waals surface area (Å²) in [6.07, 6.45) is 0. The highest BCUT2D eigenvalue weighted by atomic mass is 79.9. The maximum atomic E-state index is 4.52. The van der Waals surface area contributed by atoms with Gasteiger partial charge in [0.15, 0.2) is 0 Å². The monoisotopic (exact) mass is 330 g/mol. The zero-order valence-corrected chi connectivity index (χ0v) is 13.3. The number of halogens is 1. The topological polar surface area (TPSA) is 24.9 Å². The van der Waals surface area contributed by atoms with Crippen molar-refractivity contribution < 1.29 is 0 Å². The van der Waals surface area contributed by atoms with E-state index in [4.69, 9.17) is 0 Å². The number of thiophene rings is 1. The minimum atomic E-state index is 0.264. The summed E-state index contributed by atoms with van der Waals surface area (Å²) in [5, 5.41) is 6.80. The van der Waals surface area contributed by atoms with Crippen LogP contribution in [0.15, 0.2) is 15.9 Å². The van der Waals surface area contributed by atoms with Crippen LogP contribution in [-0.4, -0.2) is 11.5 Å². The first-order chi connectivity index (χ1) is 8.13. The third-order valence-corrected chi connectivity index (χ3v) is 5.59. The standard InChI is InChI=1S/C12H15BrN2S2/c1-4-14-10(12-9(13)5-6-16-12)11-7(2)15-8(3)17-11/h5-6,10,14H,4H2,1-3H3. The van der Waals surface area contributed by atoms with E-state index in [9.17, 15) is 0 Å². The predicted octanol–water partition coefficient (Wildman–Crippen LogP) is 4.28. The van der Waals surface area contributed by atoms with E-state index in [2.05, 4.69) is 58.4 Å². The van der Waals surface area contributed by atoms with Gasteiger partial charge >= 0.3 is 0 Å². The van der Waals surface area contributed by atoms with Crippen LogP contribution < -0.4 is 5.32 Å². The Morgan fingerprint density at radius 1 is 1.41 bits per heavy atom. The molecule has 0 aliphatic heterocycles. The molecule has 0 saturated carbocycles. The van der Waals surface area contributed by atoms with Crippen LogP contribution in [0.25, 0.3) is 0 Å². The van der Waals surface area contributed by atoms with Crippen molar-refractivity contribution in [1.29, 1.82) is 0 Å². The van der Waals surface area contributed by atoms with Gasteiger partial charge in [-0.1, -0.05) is 6.92 Å². The third kappa shape index (κ3) is 2.78. The molecular weight excluding hydrogens is 316 g/mol. The largest absolute Gasteiger partial charge is 0.305 e. The summed E-state index contributed by atoms with van der Waals surface area (Å²) in [7, 11) is 0. The molecule has 2 aromatic rings. The molecule has 0 aliphatic carbocycles. The lowest BCUT2D eigenvalue weighted by Crippen LogP contribution is -2.21. The quantitative estimate of drug-likeness (QED) is 0.904. The Morgan fingerprint density at radius 3 is 2.65 bits per heavy atom. The van der Waals surface area contributed by atoms with Gasteiger partial charge in [-0.05, 0) is 47.8 Å². The molecule has 0 aromatic carbocycles. The number of aromatic nitrogens is 1. The van der Waals surface area contributed by atoms with Crippen LogP contribution in [0, 0.1) is 13.8 Å². The number of nitrogens with zero attached hydrogens (tertiary/aromatic N) is 1. The van der Waals surface area contributed by atoms with Gasteiger partial charge in [-0.3, -0.25) is 0 Å². The summed E-state index contributed by atoms with van der Waals surface area (Å²) in [6, 6.07) is 2.37. The average molecular weight is 331 g/mol. The summed E-state index contributed by atoms with van der Waals surface area (Å²) in [4.78, 5) is 7.18. The van der Waals surface area contributed by atoms with Gasteiger partial charge in [0.25, 0.3) is 0 Å². The molecule has 0 spiro atoms. The highest BCUT2D eigenvalue weighted by Crippen LogP contribution is 2.36. The van der Waals surface area contributed by atoms with Gasteiger partial charge in [-0.15, -0.1) is 22.7 Å². The second kappa shape index (κ2) is 5.61. The van der Waals surface area contributed by atoms with Crippen LogP contribution in [0.4, 0.5) is 0 Å². The molecule has 1 unspecified atom stereocenters. The first-order valence-corrected chi connectivity index (χ1v) is 8.02. The fraction of sp³-hybridized carbons (Fsp3) is 0.417. The van der Waals surface area contributed by atoms with Gasteiger partial charge in [0.2, 0.25) is 0 Å². The van der Waals surface area contributed by atoms with E-state index in [1.807, 2.05) is 0 Å². The Kier molecular flexibility index (Phi) is 4.36. The van der Waals surface area contributed by atoms with Gasteiger partial charge in [0.1, 0.15) is 0 Å². The lowest BCUT2D eigenvalue weighted by atomic mass is 10.2. The van der Waals surface area contributed by atoms with Crippen molar-refractivity contribution in [3.05, 3.63) is 36.4 Å². The number of aryl methyl sites for hydroxylation is 2. The normalized spacial score (nSPS) is 12.9. The number of thiazole rings is 1. The Morgan fingerprint density at radius 2 is 2.18 bits per heavy atom. The summed E-state index contributed by atoms with van der Waals surface area (Å²) < 4.78 is 1.18. The van der Waals surface area contributed by atoms with Crippen LogP contribution in [0.2, 0.25) is 0 Å². The van der Waals surface area contributed by atoms with Crippen LogP contribution in [0.5, 0.6) is 0 Å². The Hall–Kier alpha value is -0.230. The lowest BCUT2D eigenvalue weighted by molar-refractivity contribution is 0.643. The smallest absolute Gasteiger partial charge is 0.0900 e. The van der Waals surface area contributed by atoms with Gasteiger partial charge in [0, 0.05) is 14.2 Å². The van der Waals surface area contributed by atoms with Gasteiger partial charge in [0.05, 0.1) is 16.7 Å². The Balaban J connectivity index is 2.42. The maximum Gasteiger partial charge on any atom is 0.0900 e. The van der Waals surface area contributed by atoms with E-state index in [1.54, 1.807) is 22.7 Å². The van der Waals surface area contributed by atoms with Crippen LogP contribution in [-0.2, 0) is 0 Å². The number of nitrogens with one attached hydrogen (secondary N) is 1. The molecule has 2 aromatic heterocycles. The Labute approximate surface area is 118 Å². The molecule has 2 nitrogen and oxygen atoms in total. The fourth-order valence-electron chi connectivity index (χ4n) is 1.83. The molecule has 1 N–H and O–H groups in total. The third-order valence-electron chi connectivity index (χ3n) is 2.52. The number of hydrogen-bond donors (Lipinski definition) is 1. The minimum absolute atomic E-state index is 0.264. The molecule has 92 valence electrons. The van der Waals surface area contributed by atoms with E-state index in [1.165, 1.54) is 14.2 Å². The zero-order valence-electron chi connectivity index (χ0n) is 10.1. The van der Waals surface area contributed by atoms with Crippen molar-refractivity contribution in [2.75, 3.05) is 6.54 Å². The van der Waals surface area contributed by atoms with Crippen molar-refractivity contribution in [2.45, 2.75) is 26.8 Å². The van der Waals surface area contributed by atoms with E-state index < -0.39 is 0 Å². The summed E-state index contributed by atoms with van der Waals surface area (Å²) in [6.45, 7) is 7.24. The van der Waals surface area contributed by atoms with Gasteiger partial charge in [-0.25, -0.2) is 4.98 Å². The first kappa shape index (κ1) is 13.2. The van der Waals surface area contributed by atoms with Crippen molar-refractivity contribution in [1.82, 2.24) is 10.3 Å². The second-order valence-corrected chi connectivity index (χ2v) is 6.84. The molecule has 5 heteroatoms. The van der Waals surface area contributed by atoms with Crippen molar-refractivity contribution in [2.24, 2.45) is 0 Å². The maximum absolute atomic E-state index is 4.52. The van der Waals surface area contributed by atoms with E-state index in [0.29, 0.717) is 0 Å². The molecule has 1 atom stereocenters. The number of rotatable bonds is 4. The van der Waals surface area contributed by atoms with E-state index >= 15 is 0 Å². The Bertz CT molecular complexity index is 504. The molecule has 0 radical (unpaired) electrons. The SMILES string of the molecule is CCNC(c1sccc1Br)c1sc(C)nc1C. The molecule has 0 aliphatic rings. The minimum Gasteiger partial charge on any atom is -0.305 e. The average Bonchev–Trinajstić information content (AvgIpc) is 2.82. The van der Waals surface area contributed by atoms with Crippen LogP contribution in [0.3, 0.4) is 0 Å². The lowest BCUT2D eigenvalue weighted by Gasteiger charge is -2.16. The summed E-state index contributed by atoms with van der Waals surface area (Å²) >= 11 is 7.18. The van der Waals surface area contributed by atoms with Crippen molar-refractivity contribution in [3.63, 3.8) is 0 Å². The first-order valence-electron chi connectivity index (χ1n) is 5.53. The highest BCUT2D eigenvalue weighted by molar-refractivity contribution is 9.10. The highest BCUT2D eigenvalue weighted by Gasteiger charge is 2.21. The fourth-order valence-corrected chi connectivity index (χ4v) is 4.61. The molecule has 0 bridgehead atoms.